The van der Waals surface area contributed by atoms with Gasteiger partial charge in [-0.2, -0.15) is 5.10 Å². The fraction of sp³-hybridized carbons (Fsp3) is 0.333. The molecule has 0 bridgehead atoms. The van der Waals surface area contributed by atoms with Gasteiger partial charge < -0.3 is 20.9 Å². The molecule has 1 saturated carbocycles. The maximum absolute atomic E-state index is 13.8. The highest BCUT2D eigenvalue weighted by Crippen LogP contribution is 2.38. The Morgan fingerprint density at radius 3 is 2.76 bits per heavy atom. The molecule has 2 aromatic carbocycles. The molecule has 0 radical (unpaired) electrons. The van der Waals surface area contributed by atoms with Crippen LogP contribution in [0.1, 0.15) is 57.5 Å². The lowest BCUT2D eigenvalue weighted by molar-refractivity contribution is 0.0947. The number of ether oxygens (including phenoxy) is 1. The highest BCUT2D eigenvalue weighted by Gasteiger charge is 2.28. The van der Waals surface area contributed by atoms with Gasteiger partial charge >= 0.3 is 0 Å². The quantitative estimate of drug-likeness (QED) is 0.348. The number of carbonyl (C=O) groups is 1. The van der Waals surface area contributed by atoms with Gasteiger partial charge in [-0.05, 0) is 55.4 Å². The summed E-state index contributed by atoms with van der Waals surface area (Å²) in [5, 5.41) is 16.6. The molecule has 4 N–H and O–H groups in total. The summed E-state index contributed by atoms with van der Waals surface area (Å²) in [6.45, 7) is 0.305. The maximum atomic E-state index is 13.8. The third-order valence-electron chi connectivity index (χ3n) is 6.93. The minimum absolute atomic E-state index is 0.109. The number of rotatable bonds is 7. The van der Waals surface area contributed by atoms with Crippen LogP contribution < -0.4 is 15.8 Å². The first kappa shape index (κ1) is 21.1. The fourth-order valence-corrected chi connectivity index (χ4v) is 4.87. The molecule has 1 aliphatic rings. The number of amides is 1. The van der Waals surface area contributed by atoms with Gasteiger partial charge in [0, 0.05) is 24.6 Å². The van der Waals surface area contributed by atoms with Crippen LogP contribution in [-0.2, 0) is 6.54 Å². The van der Waals surface area contributed by atoms with Gasteiger partial charge in [0.2, 0.25) is 0 Å². The summed E-state index contributed by atoms with van der Waals surface area (Å²) < 4.78 is 42.3. The predicted octanol–water partition coefficient (Wildman–Crippen LogP) is 3.72. The zero-order valence-electron chi connectivity index (χ0n) is 23.0. The van der Waals surface area contributed by atoms with E-state index in [9.17, 15) is 14.3 Å². The molecule has 37 heavy (non-hydrogen) atoms. The number of halogens is 1. The Morgan fingerprint density at radius 1 is 1.24 bits per heavy atom. The minimum atomic E-state index is -2.78. The number of imidazole rings is 1. The average Bonchev–Trinajstić information content (AvgIpc) is 3.33. The first-order chi connectivity index (χ1) is 19.1. The number of benzene rings is 2. The van der Waals surface area contributed by atoms with E-state index in [0.29, 0.717) is 22.9 Å². The molecule has 4 aromatic rings. The van der Waals surface area contributed by atoms with Gasteiger partial charge in [-0.1, -0.05) is 24.3 Å². The van der Waals surface area contributed by atoms with Gasteiger partial charge in [0.1, 0.15) is 34.9 Å². The number of hydrogen-bond donors (Lipinski definition) is 3. The fourth-order valence-electron chi connectivity index (χ4n) is 4.87. The molecule has 1 amide bonds. The van der Waals surface area contributed by atoms with Crippen LogP contribution in [0.25, 0.3) is 16.8 Å². The van der Waals surface area contributed by atoms with Crippen LogP contribution in [0, 0.1) is 11.7 Å². The standard InChI is InChI=1S/C27H29FN6O3/c1-37-22-11-10-20(28)12-21(22)27(36)30-13-16-2-6-18(7-3-16)23-24-25(29)31-15-32-34(24)26(33-23)19-8-4-17(14-35)5-9-19/h2-3,6-7,10-12,15,17,19,35H,4-5,8-9,13-14H2,1H3,(H,30,36)(H2,29,31,32)/i1D3. The van der Waals surface area contributed by atoms with Crippen molar-refractivity contribution < 1.29 is 23.1 Å². The summed E-state index contributed by atoms with van der Waals surface area (Å²) in [6, 6.07) is 10.4. The van der Waals surface area contributed by atoms with Crippen LogP contribution in [0.5, 0.6) is 5.75 Å². The lowest BCUT2D eigenvalue weighted by Crippen LogP contribution is -2.23. The molecule has 1 aliphatic carbocycles. The van der Waals surface area contributed by atoms with Crippen molar-refractivity contribution in [2.75, 3.05) is 19.4 Å². The predicted molar refractivity (Wildman–Crippen MR) is 137 cm³/mol. The van der Waals surface area contributed by atoms with Gasteiger partial charge in [-0.15, -0.1) is 0 Å². The van der Waals surface area contributed by atoms with E-state index in [1.807, 2.05) is 24.3 Å². The van der Waals surface area contributed by atoms with Crippen molar-refractivity contribution in [2.45, 2.75) is 38.1 Å². The third kappa shape index (κ3) is 4.97. The molecule has 0 saturated heterocycles. The average molecular weight is 508 g/mol. The van der Waals surface area contributed by atoms with E-state index in [4.69, 9.17) is 19.6 Å². The number of nitrogen functional groups attached to an aromatic ring is 1. The van der Waals surface area contributed by atoms with Crippen LogP contribution in [0.3, 0.4) is 0 Å². The van der Waals surface area contributed by atoms with Gasteiger partial charge in [0.25, 0.3) is 5.91 Å². The number of carbonyl (C=O) groups excluding carboxylic acids is 1. The Bertz CT molecular complexity index is 1520. The molecule has 2 aromatic heterocycles. The molecule has 0 atom stereocenters. The van der Waals surface area contributed by atoms with Crippen molar-refractivity contribution in [3.63, 3.8) is 0 Å². The number of hydrogen-bond acceptors (Lipinski definition) is 7. The number of aliphatic hydroxyl groups is 1. The monoisotopic (exact) mass is 507 g/mol. The molecule has 1 fully saturated rings. The van der Waals surface area contributed by atoms with Crippen LogP contribution in [0.4, 0.5) is 10.2 Å². The second kappa shape index (κ2) is 10.5. The molecule has 10 heteroatoms. The maximum Gasteiger partial charge on any atom is 0.255 e. The Morgan fingerprint density at radius 2 is 2.03 bits per heavy atom. The van der Waals surface area contributed by atoms with E-state index < -0.39 is 18.8 Å². The van der Waals surface area contributed by atoms with E-state index >= 15 is 0 Å². The molecular weight excluding hydrogens is 475 g/mol. The van der Waals surface area contributed by atoms with E-state index in [0.717, 1.165) is 60.8 Å². The zero-order valence-corrected chi connectivity index (χ0v) is 20.0. The summed E-state index contributed by atoms with van der Waals surface area (Å²) in [5.41, 5.74) is 8.85. The Labute approximate surface area is 217 Å². The highest BCUT2D eigenvalue weighted by molar-refractivity contribution is 5.96. The lowest BCUT2D eigenvalue weighted by Gasteiger charge is -2.26. The van der Waals surface area contributed by atoms with Crippen molar-refractivity contribution in [3.05, 3.63) is 71.6 Å². The van der Waals surface area contributed by atoms with Crippen molar-refractivity contribution >= 4 is 17.2 Å². The summed E-state index contributed by atoms with van der Waals surface area (Å²) in [4.78, 5) is 21.8. The van der Waals surface area contributed by atoms with Gasteiger partial charge in [-0.25, -0.2) is 18.9 Å². The van der Waals surface area contributed by atoms with E-state index in [-0.39, 0.29) is 30.4 Å². The van der Waals surface area contributed by atoms with E-state index in [2.05, 4.69) is 15.4 Å². The highest BCUT2D eigenvalue weighted by atomic mass is 19.1. The number of nitrogens with one attached hydrogen (secondary N) is 1. The summed E-state index contributed by atoms with van der Waals surface area (Å²) in [7, 11) is -2.78. The summed E-state index contributed by atoms with van der Waals surface area (Å²) >= 11 is 0. The van der Waals surface area contributed by atoms with Crippen molar-refractivity contribution in [2.24, 2.45) is 5.92 Å². The number of methoxy groups -OCH3 is 1. The van der Waals surface area contributed by atoms with E-state index in [1.54, 1.807) is 4.52 Å². The Hall–Kier alpha value is -4.05. The molecule has 5 rings (SSSR count). The largest absolute Gasteiger partial charge is 0.496 e. The number of aromatic nitrogens is 4. The molecule has 0 unspecified atom stereocenters. The van der Waals surface area contributed by atoms with E-state index in [1.165, 1.54) is 6.33 Å². The third-order valence-corrected chi connectivity index (χ3v) is 6.93. The van der Waals surface area contributed by atoms with Gasteiger partial charge in [0.05, 0.1) is 16.7 Å². The second-order valence-corrected chi connectivity index (χ2v) is 9.25. The topological polar surface area (TPSA) is 128 Å². The Kier molecular flexibility index (Phi) is 5.99. The SMILES string of the molecule is [2H]C([2H])([2H])Oc1ccc(F)cc1C(=O)NCc1ccc(-c2nc(C3CCC(CO)CC3)n3ncnc(N)c23)cc1. The number of nitrogens with two attached hydrogens (primary N) is 1. The molecule has 192 valence electrons. The Balaban J connectivity index is 1.35. The summed E-state index contributed by atoms with van der Waals surface area (Å²) in [5.74, 6) is 0.0379. The molecule has 2 heterocycles. The summed E-state index contributed by atoms with van der Waals surface area (Å²) in [6.07, 6.45) is 5.06. The van der Waals surface area contributed by atoms with Crippen LogP contribution in [0.2, 0.25) is 0 Å². The van der Waals surface area contributed by atoms with Crippen molar-refractivity contribution in [1.29, 1.82) is 0 Å². The first-order valence-electron chi connectivity index (χ1n) is 13.6. The second-order valence-electron chi connectivity index (χ2n) is 9.25. The molecule has 0 spiro atoms. The number of anilines is 1. The number of fused-ring (bicyclic) bond motifs is 1. The van der Waals surface area contributed by atoms with Crippen LogP contribution in [-0.4, -0.2) is 44.2 Å². The van der Waals surface area contributed by atoms with Crippen molar-refractivity contribution in [1.82, 2.24) is 24.9 Å². The minimum Gasteiger partial charge on any atom is -0.496 e. The molecule has 0 aliphatic heterocycles. The zero-order chi connectivity index (χ0) is 28.4. The van der Waals surface area contributed by atoms with Crippen molar-refractivity contribution in [3.8, 4) is 17.0 Å². The first-order valence-corrected chi connectivity index (χ1v) is 12.1. The lowest BCUT2D eigenvalue weighted by atomic mass is 9.82. The molecular formula is C27H29FN6O3. The smallest absolute Gasteiger partial charge is 0.255 e. The molecule has 9 nitrogen and oxygen atoms in total. The van der Waals surface area contributed by atoms with Crippen LogP contribution >= 0.6 is 0 Å². The normalized spacial score (nSPS) is 19.1. The van der Waals surface area contributed by atoms with Gasteiger partial charge in [0.15, 0.2) is 5.82 Å². The number of aliphatic hydroxyl groups excluding tert-OH is 1. The number of nitrogens with zero attached hydrogens (tertiary/aromatic N) is 4. The van der Waals surface area contributed by atoms with Crippen LogP contribution in [0.15, 0.2) is 48.8 Å². The van der Waals surface area contributed by atoms with Gasteiger partial charge in [-0.3, -0.25) is 4.79 Å².